The fourth-order valence-electron chi connectivity index (χ4n) is 0.271. The Bertz CT molecular complexity index is 61.1. The van der Waals surface area contributed by atoms with E-state index in [1.54, 1.807) is 0 Å². The van der Waals surface area contributed by atoms with E-state index >= 15 is 0 Å². The number of hydrogen-bond acceptors (Lipinski definition) is 1. The van der Waals surface area contributed by atoms with E-state index in [2.05, 4.69) is 6.58 Å². The summed E-state index contributed by atoms with van der Waals surface area (Å²) < 4.78 is 11.4. The van der Waals surface area contributed by atoms with Crippen LogP contribution in [0.1, 0.15) is 6.42 Å². The highest BCUT2D eigenvalue weighted by molar-refractivity contribution is 4.93. The normalized spacial score (nSPS) is 8.86. The maximum atomic E-state index is 11.4. The first kappa shape index (κ1) is 6.63. The van der Waals surface area contributed by atoms with E-state index in [9.17, 15) is 4.39 Å². The van der Waals surface area contributed by atoms with Crippen molar-refractivity contribution in [1.29, 1.82) is 0 Å². The second-order valence-electron chi connectivity index (χ2n) is 1.42. The summed E-state index contributed by atoms with van der Waals surface area (Å²) in [4.78, 5) is 0. The zero-order chi connectivity index (χ0) is 5.70. The molecule has 0 fully saturated rings. The standard InChI is InChI=1S/C5H10FN/c1-5(4-6)2-3-7/h1-4,7H2. The van der Waals surface area contributed by atoms with Crippen molar-refractivity contribution in [3.05, 3.63) is 12.2 Å². The largest absolute Gasteiger partial charge is 0.330 e. The molecule has 0 aromatic heterocycles. The third-order valence-electron chi connectivity index (χ3n) is 0.687. The van der Waals surface area contributed by atoms with Crippen LogP contribution in [0, 0.1) is 0 Å². The minimum Gasteiger partial charge on any atom is -0.330 e. The average molecular weight is 103 g/mol. The smallest absolute Gasteiger partial charge is 0.110 e. The zero-order valence-electron chi connectivity index (χ0n) is 4.28. The predicted octanol–water partition coefficient (Wildman–Crippen LogP) is 0.861. The summed E-state index contributed by atoms with van der Waals surface area (Å²) in [5.74, 6) is 0. The fraction of sp³-hybridized carbons (Fsp3) is 0.600. The number of alkyl halides is 1. The lowest BCUT2D eigenvalue weighted by Gasteiger charge is -1.91. The van der Waals surface area contributed by atoms with Crippen LogP contribution in [0.25, 0.3) is 0 Å². The molecule has 0 heterocycles. The molecule has 2 heteroatoms. The Morgan fingerprint density at radius 2 is 2.29 bits per heavy atom. The minimum atomic E-state index is -0.433. The quantitative estimate of drug-likeness (QED) is 0.527. The number of halogens is 1. The van der Waals surface area contributed by atoms with Crippen molar-refractivity contribution in [2.45, 2.75) is 6.42 Å². The summed E-state index contributed by atoms with van der Waals surface area (Å²) >= 11 is 0. The Morgan fingerprint density at radius 1 is 1.71 bits per heavy atom. The first-order valence-corrected chi connectivity index (χ1v) is 2.24. The summed E-state index contributed by atoms with van der Waals surface area (Å²) in [6.45, 7) is 3.48. The maximum absolute atomic E-state index is 11.4. The number of rotatable bonds is 3. The van der Waals surface area contributed by atoms with Gasteiger partial charge in [-0.05, 0) is 18.5 Å². The highest BCUT2D eigenvalue weighted by atomic mass is 19.1. The molecule has 0 atom stereocenters. The molecule has 0 saturated heterocycles. The van der Waals surface area contributed by atoms with Crippen molar-refractivity contribution in [3.8, 4) is 0 Å². The van der Waals surface area contributed by atoms with Crippen LogP contribution < -0.4 is 5.73 Å². The van der Waals surface area contributed by atoms with Crippen LogP contribution >= 0.6 is 0 Å². The van der Waals surface area contributed by atoms with E-state index in [1.165, 1.54) is 0 Å². The van der Waals surface area contributed by atoms with Gasteiger partial charge in [-0.1, -0.05) is 6.58 Å². The van der Waals surface area contributed by atoms with Gasteiger partial charge in [0.1, 0.15) is 6.67 Å². The Hall–Kier alpha value is -0.370. The van der Waals surface area contributed by atoms with Gasteiger partial charge in [0.2, 0.25) is 0 Å². The lowest BCUT2D eigenvalue weighted by atomic mass is 10.2. The van der Waals surface area contributed by atoms with Gasteiger partial charge in [-0.3, -0.25) is 0 Å². The molecule has 0 aromatic rings. The Kier molecular flexibility index (Phi) is 3.61. The van der Waals surface area contributed by atoms with Gasteiger partial charge in [-0.25, -0.2) is 4.39 Å². The van der Waals surface area contributed by atoms with E-state index in [-0.39, 0.29) is 0 Å². The molecule has 0 spiro atoms. The molecule has 0 aromatic carbocycles. The molecule has 0 aliphatic rings. The Labute approximate surface area is 43.0 Å². The highest BCUT2D eigenvalue weighted by Crippen LogP contribution is 1.93. The third-order valence-corrected chi connectivity index (χ3v) is 0.687. The van der Waals surface area contributed by atoms with Crippen LogP contribution in [-0.4, -0.2) is 13.2 Å². The van der Waals surface area contributed by atoms with Crippen LogP contribution in [0.3, 0.4) is 0 Å². The minimum absolute atomic E-state index is 0.433. The predicted molar refractivity (Wildman–Crippen MR) is 28.8 cm³/mol. The van der Waals surface area contributed by atoms with E-state index in [4.69, 9.17) is 5.73 Å². The molecule has 7 heavy (non-hydrogen) atoms. The lowest BCUT2D eigenvalue weighted by molar-refractivity contribution is 0.533. The molecule has 0 aliphatic heterocycles. The van der Waals surface area contributed by atoms with Crippen molar-refractivity contribution in [1.82, 2.24) is 0 Å². The molecule has 0 bridgehead atoms. The second-order valence-corrected chi connectivity index (χ2v) is 1.42. The lowest BCUT2D eigenvalue weighted by Crippen LogP contribution is -1.99. The van der Waals surface area contributed by atoms with Crippen LogP contribution in [0.15, 0.2) is 12.2 Å². The Balaban J connectivity index is 3.00. The van der Waals surface area contributed by atoms with Crippen molar-refractivity contribution < 1.29 is 4.39 Å². The number of nitrogens with two attached hydrogens (primary N) is 1. The molecule has 0 unspecified atom stereocenters. The molecule has 0 amide bonds. The molecule has 42 valence electrons. The van der Waals surface area contributed by atoms with Crippen LogP contribution in [0.5, 0.6) is 0 Å². The molecule has 0 rings (SSSR count). The summed E-state index contributed by atoms with van der Waals surface area (Å²) in [5, 5.41) is 0. The SMILES string of the molecule is C=C(CF)CCN. The molecule has 0 radical (unpaired) electrons. The second kappa shape index (κ2) is 3.81. The van der Waals surface area contributed by atoms with Crippen LogP contribution in [-0.2, 0) is 0 Å². The van der Waals surface area contributed by atoms with Crippen molar-refractivity contribution in [2.75, 3.05) is 13.2 Å². The molecule has 0 aliphatic carbocycles. The van der Waals surface area contributed by atoms with Gasteiger partial charge in [0, 0.05) is 0 Å². The third kappa shape index (κ3) is 3.46. The van der Waals surface area contributed by atoms with Gasteiger partial charge in [-0.2, -0.15) is 0 Å². The average Bonchev–Trinajstić information content (AvgIpc) is 1.68. The first-order valence-electron chi connectivity index (χ1n) is 2.24. The zero-order valence-corrected chi connectivity index (χ0v) is 4.28. The maximum Gasteiger partial charge on any atom is 0.110 e. The summed E-state index contributed by atoms with van der Waals surface area (Å²) in [7, 11) is 0. The van der Waals surface area contributed by atoms with Crippen molar-refractivity contribution in [3.63, 3.8) is 0 Å². The topological polar surface area (TPSA) is 26.0 Å². The van der Waals surface area contributed by atoms with Crippen molar-refractivity contribution in [2.24, 2.45) is 5.73 Å². The van der Waals surface area contributed by atoms with Crippen LogP contribution in [0.2, 0.25) is 0 Å². The van der Waals surface area contributed by atoms with E-state index < -0.39 is 6.67 Å². The molecule has 2 N–H and O–H groups in total. The summed E-state index contributed by atoms with van der Waals surface area (Å²) in [6.07, 6.45) is 0.608. The van der Waals surface area contributed by atoms with Crippen molar-refractivity contribution >= 4 is 0 Å². The van der Waals surface area contributed by atoms with E-state index in [0.717, 1.165) is 0 Å². The van der Waals surface area contributed by atoms with Gasteiger partial charge < -0.3 is 5.73 Å². The molecular weight excluding hydrogens is 93.1 g/mol. The molecular formula is C5H10FN. The van der Waals surface area contributed by atoms with Gasteiger partial charge in [0.25, 0.3) is 0 Å². The fourth-order valence-corrected chi connectivity index (χ4v) is 0.271. The molecule has 0 saturated carbocycles. The summed E-state index contributed by atoms with van der Waals surface area (Å²) in [6, 6.07) is 0. The van der Waals surface area contributed by atoms with Gasteiger partial charge >= 0.3 is 0 Å². The monoisotopic (exact) mass is 103 g/mol. The van der Waals surface area contributed by atoms with Crippen LogP contribution in [0.4, 0.5) is 4.39 Å². The summed E-state index contributed by atoms with van der Waals surface area (Å²) in [5.41, 5.74) is 5.66. The van der Waals surface area contributed by atoms with Gasteiger partial charge in [0.05, 0.1) is 0 Å². The van der Waals surface area contributed by atoms with Gasteiger partial charge in [0.15, 0.2) is 0 Å². The number of hydrogen-bond donors (Lipinski definition) is 1. The first-order chi connectivity index (χ1) is 3.31. The van der Waals surface area contributed by atoms with E-state index in [1.807, 2.05) is 0 Å². The highest BCUT2D eigenvalue weighted by Gasteiger charge is 1.86. The Morgan fingerprint density at radius 3 is 2.43 bits per heavy atom. The van der Waals surface area contributed by atoms with E-state index in [0.29, 0.717) is 18.5 Å². The van der Waals surface area contributed by atoms with Gasteiger partial charge in [-0.15, -0.1) is 0 Å². The molecule has 1 nitrogen and oxygen atoms in total.